The van der Waals surface area contributed by atoms with E-state index in [1.807, 2.05) is 6.07 Å². The maximum atomic E-state index is 13.8. The van der Waals surface area contributed by atoms with Crippen molar-refractivity contribution in [3.05, 3.63) is 59.2 Å². The predicted molar refractivity (Wildman–Crippen MR) is 97.7 cm³/mol. The highest BCUT2D eigenvalue weighted by Gasteiger charge is 2.30. The van der Waals surface area contributed by atoms with Crippen molar-refractivity contribution in [1.82, 2.24) is 0 Å². The van der Waals surface area contributed by atoms with Crippen LogP contribution in [0.25, 0.3) is 0 Å². The maximum absolute atomic E-state index is 13.8. The molecule has 0 aliphatic carbocycles. The van der Waals surface area contributed by atoms with E-state index in [0.717, 1.165) is 33.8 Å². The van der Waals surface area contributed by atoms with E-state index in [-0.39, 0.29) is 0 Å². The van der Waals surface area contributed by atoms with Crippen molar-refractivity contribution < 1.29 is 22.0 Å². The fourth-order valence-electron chi connectivity index (χ4n) is 2.73. The summed E-state index contributed by atoms with van der Waals surface area (Å²) in [6, 6.07) is 7.07. The molecule has 0 radical (unpaired) electrons. The average Bonchev–Trinajstić information content (AvgIpc) is 2.48. The molecular weight excluding hydrogens is 362 g/mol. The summed E-state index contributed by atoms with van der Waals surface area (Å²) in [5.41, 5.74) is 1.34. The van der Waals surface area contributed by atoms with Crippen molar-refractivity contribution in [2.24, 2.45) is 0 Å². The molecule has 1 amide bonds. The summed E-state index contributed by atoms with van der Waals surface area (Å²) in [6.45, 7) is 4.96. The number of anilines is 2. The van der Waals surface area contributed by atoms with Crippen molar-refractivity contribution in [1.29, 1.82) is 0 Å². The molecule has 140 valence electrons. The number of hydrogen-bond acceptors (Lipinski definition) is 3. The fraction of sp³-hybridized carbons (Fsp3) is 0.278. The second kappa shape index (κ2) is 7.41. The van der Waals surface area contributed by atoms with E-state index >= 15 is 0 Å². The molecule has 0 fully saturated rings. The molecule has 0 bridgehead atoms. The molecule has 0 aromatic heterocycles. The molecule has 0 heterocycles. The summed E-state index contributed by atoms with van der Waals surface area (Å²) in [6.07, 6.45) is 0.970. The minimum atomic E-state index is -3.82. The third kappa shape index (κ3) is 4.37. The topological polar surface area (TPSA) is 66.5 Å². The molecular formula is C18H20F2N2O3S. The molecule has 8 heteroatoms. The van der Waals surface area contributed by atoms with Crippen LogP contribution in [0, 0.1) is 25.5 Å². The van der Waals surface area contributed by atoms with Gasteiger partial charge in [0.15, 0.2) is 0 Å². The monoisotopic (exact) mass is 382 g/mol. The molecule has 1 N–H and O–H groups in total. The number of rotatable bonds is 5. The summed E-state index contributed by atoms with van der Waals surface area (Å²) in [7, 11) is -3.82. The zero-order valence-electron chi connectivity index (χ0n) is 14.9. The van der Waals surface area contributed by atoms with Crippen LogP contribution in [0.3, 0.4) is 0 Å². The minimum Gasteiger partial charge on any atom is -0.319 e. The highest BCUT2D eigenvalue weighted by atomic mass is 32.2. The quantitative estimate of drug-likeness (QED) is 0.862. The van der Waals surface area contributed by atoms with Crippen molar-refractivity contribution in [2.45, 2.75) is 26.8 Å². The molecule has 0 saturated heterocycles. The van der Waals surface area contributed by atoms with Crippen LogP contribution in [-0.4, -0.2) is 26.6 Å². The first-order valence-corrected chi connectivity index (χ1v) is 9.68. The van der Waals surface area contributed by atoms with Crippen LogP contribution in [0.4, 0.5) is 20.2 Å². The van der Waals surface area contributed by atoms with Gasteiger partial charge in [-0.1, -0.05) is 12.1 Å². The number of carbonyl (C=O) groups is 1. The van der Waals surface area contributed by atoms with Gasteiger partial charge < -0.3 is 5.32 Å². The lowest BCUT2D eigenvalue weighted by molar-refractivity contribution is -0.116. The first-order valence-electron chi connectivity index (χ1n) is 7.83. The normalized spacial score (nSPS) is 12.5. The zero-order valence-corrected chi connectivity index (χ0v) is 15.7. The Morgan fingerprint density at radius 3 is 2.04 bits per heavy atom. The van der Waals surface area contributed by atoms with E-state index in [0.29, 0.717) is 5.69 Å². The lowest BCUT2D eigenvalue weighted by Crippen LogP contribution is -2.45. The Balaban J connectivity index is 2.41. The number of nitrogens with zero attached hydrogens (tertiary/aromatic N) is 1. The van der Waals surface area contributed by atoms with Crippen LogP contribution < -0.4 is 9.62 Å². The number of sulfonamides is 1. The molecule has 0 aliphatic rings. The highest BCUT2D eigenvalue weighted by Crippen LogP contribution is 2.25. The summed E-state index contributed by atoms with van der Waals surface area (Å²) in [5, 5.41) is 2.13. The number of carbonyl (C=O) groups excluding carboxylic acids is 1. The van der Waals surface area contributed by atoms with Gasteiger partial charge in [-0.05, 0) is 56.2 Å². The van der Waals surface area contributed by atoms with E-state index in [1.165, 1.54) is 13.0 Å². The molecule has 2 rings (SSSR count). The van der Waals surface area contributed by atoms with Crippen LogP contribution in [-0.2, 0) is 14.8 Å². The number of benzene rings is 2. The van der Waals surface area contributed by atoms with Gasteiger partial charge in [0.1, 0.15) is 23.4 Å². The first kappa shape index (κ1) is 19.8. The largest absolute Gasteiger partial charge is 0.319 e. The molecule has 0 unspecified atom stereocenters. The lowest BCUT2D eigenvalue weighted by atomic mass is 10.1. The zero-order chi connectivity index (χ0) is 19.6. The van der Waals surface area contributed by atoms with E-state index in [1.54, 1.807) is 26.0 Å². The third-order valence-corrected chi connectivity index (χ3v) is 5.00. The molecule has 0 spiro atoms. The van der Waals surface area contributed by atoms with Gasteiger partial charge in [-0.2, -0.15) is 0 Å². The Kier molecular flexibility index (Phi) is 5.65. The summed E-state index contributed by atoms with van der Waals surface area (Å²) >= 11 is 0. The van der Waals surface area contributed by atoms with E-state index < -0.39 is 39.3 Å². The van der Waals surface area contributed by atoms with Gasteiger partial charge in [0.05, 0.1) is 11.9 Å². The van der Waals surface area contributed by atoms with Crippen LogP contribution in [0.15, 0.2) is 36.4 Å². The first-order chi connectivity index (χ1) is 12.0. The Bertz CT molecular complexity index is 905. The molecule has 5 nitrogen and oxygen atoms in total. The van der Waals surface area contributed by atoms with Crippen molar-refractivity contribution in [2.75, 3.05) is 15.9 Å². The fourth-order valence-corrected chi connectivity index (χ4v) is 3.89. The molecule has 0 saturated carbocycles. The van der Waals surface area contributed by atoms with Gasteiger partial charge in [-0.3, -0.25) is 9.10 Å². The molecule has 2 aromatic carbocycles. The Morgan fingerprint density at radius 2 is 1.58 bits per heavy atom. The number of hydrogen-bond donors (Lipinski definition) is 1. The van der Waals surface area contributed by atoms with Crippen LogP contribution in [0.2, 0.25) is 0 Å². The van der Waals surface area contributed by atoms with Gasteiger partial charge in [0.25, 0.3) is 0 Å². The summed E-state index contributed by atoms with van der Waals surface area (Å²) < 4.78 is 53.0. The van der Waals surface area contributed by atoms with Crippen molar-refractivity contribution in [3.63, 3.8) is 0 Å². The second-order valence-electron chi connectivity index (χ2n) is 6.17. The number of para-hydroxylation sites is 1. The summed E-state index contributed by atoms with van der Waals surface area (Å²) in [4.78, 5) is 12.5. The second-order valence-corrected chi connectivity index (χ2v) is 8.03. The van der Waals surface area contributed by atoms with Gasteiger partial charge >= 0.3 is 0 Å². The SMILES string of the molecule is Cc1cc(C)cc(N([C@H](C)C(=O)Nc2c(F)cccc2F)S(C)(=O)=O)c1. The Hall–Kier alpha value is -2.48. The molecule has 0 aliphatic heterocycles. The predicted octanol–water partition coefficient (Wildman–Crippen LogP) is 3.37. The standard InChI is InChI=1S/C18H20F2N2O3S/c1-11-8-12(2)10-14(9-11)22(26(4,24)25)13(3)18(23)21-17-15(19)6-5-7-16(17)20/h5-10,13H,1-4H3,(H,21,23)/t13-/m1/s1. The molecule has 26 heavy (non-hydrogen) atoms. The van der Waals surface area contributed by atoms with Crippen LogP contribution >= 0.6 is 0 Å². The third-order valence-electron chi connectivity index (χ3n) is 3.76. The maximum Gasteiger partial charge on any atom is 0.248 e. The molecule has 1 atom stereocenters. The Labute approximate surface area is 151 Å². The van der Waals surface area contributed by atoms with E-state index in [2.05, 4.69) is 5.32 Å². The van der Waals surface area contributed by atoms with E-state index in [4.69, 9.17) is 0 Å². The Morgan fingerprint density at radius 1 is 1.08 bits per heavy atom. The minimum absolute atomic E-state index is 0.307. The number of nitrogens with one attached hydrogen (secondary N) is 1. The highest BCUT2D eigenvalue weighted by molar-refractivity contribution is 7.92. The number of aryl methyl sites for hydroxylation is 2. The lowest BCUT2D eigenvalue weighted by Gasteiger charge is -2.29. The smallest absolute Gasteiger partial charge is 0.248 e. The van der Waals surface area contributed by atoms with Gasteiger partial charge in [0.2, 0.25) is 15.9 Å². The number of halogens is 2. The van der Waals surface area contributed by atoms with Crippen molar-refractivity contribution in [3.8, 4) is 0 Å². The van der Waals surface area contributed by atoms with Gasteiger partial charge in [0, 0.05) is 0 Å². The van der Waals surface area contributed by atoms with Crippen LogP contribution in [0.5, 0.6) is 0 Å². The van der Waals surface area contributed by atoms with E-state index in [9.17, 15) is 22.0 Å². The van der Waals surface area contributed by atoms with Crippen LogP contribution in [0.1, 0.15) is 18.1 Å². The molecule has 2 aromatic rings. The van der Waals surface area contributed by atoms with Gasteiger partial charge in [-0.15, -0.1) is 0 Å². The van der Waals surface area contributed by atoms with Gasteiger partial charge in [-0.25, -0.2) is 17.2 Å². The van der Waals surface area contributed by atoms with Crippen molar-refractivity contribution >= 4 is 27.3 Å². The number of amides is 1. The summed E-state index contributed by atoms with van der Waals surface area (Å²) in [5.74, 6) is -2.73. The average molecular weight is 382 g/mol.